The summed E-state index contributed by atoms with van der Waals surface area (Å²) in [4.78, 5) is 23.9. The second kappa shape index (κ2) is 6.39. The molecule has 20 heavy (non-hydrogen) atoms. The van der Waals surface area contributed by atoms with Gasteiger partial charge in [-0.25, -0.2) is 9.59 Å². The lowest BCUT2D eigenvalue weighted by Gasteiger charge is -2.21. The molecule has 2 N–H and O–H groups in total. The fraction of sp³-hybridized carbons (Fsp3) is 0.462. The number of alkyl carbamates (subject to hydrolysis) is 1. The van der Waals surface area contributed by atoms with Gasteiger partial charge in [-0.15, -0.1) is 11.3 Å². The van der Waals surface area contributed by atoms with Crippen molar-refractivity contribution in [2.75, 3.05) is 0 Å². The average molecular weight is 296 g/mol. The van der Waals surface area contributed by atoms with Crippen molar-refractivity contribution in [3.8, 4) is 6.07 Å². The molecule has 108 valence electrons. The number of carbonyl (C=O) groups is 2. The quantitative estimate of drug-likeness (QED) is 0.886. The minimum Gasteiger partial charge on any atom is -0.480 e. The lowest BCUT2D eigenvalue weighted by molar-refractivity contribution is -0.139. The molecule has 0 radical (unpaired) electrons. The highest BCUT2D eigenvalue weighted by molar-refractivity contribution is 7.12. The Morgan fingerprint density at radius 2 is 2.15 bits per heavy atom. The Labute approximate surface area is 121 Å². The van der Waals surface area contributed by atoms with Crippen molar-refractivity contribution in [3.05, 3.63) is 21.9 Å². The first-order chi connectivity index (χ1) is 9.21. The molecule has 0 unspecified atom stereocenters. The van der Waals surface area contributed by atoms with Crippen LogP contribution in [0.1, 0.15) is 30.5 Å². The normalized spacial score (nSPS) is 12.3. The molecule has 1 aromatic heterocycles. The van der Waals surface area contributed by atoms with Crippen molar-refractivity contribution in [3.63, 3.8) is 0 Å². The van der Waals surface area contributed by atoms with Gasteiger partial charge in [-0.05, 0) is 32.9 Å². The third-order valence-electron chi connectivity index (χ3n) is 2.17. The van der Waals surface area contributed by atoms with E-state index in [9.17, 15) is 9.59 Å². The molecule has 1 rings (SSSR count). The van der Waals surface area contributed by atoms with E-state index in [4.69, 9.17) is 15.1 Å². The van der Waals surface area contributed by atoms with E-state index in [1.807, 2.05) is 6.07 Å². The van der Waals surface area contributed by atoms with E-state index in [0.717, 1.165) is 0 Å². The molecule has 0 spiro atoms. The molecule has 0 fully saturated rings. The molecule has 0 aliphatic rings. The summed E-state index contributed by atoms with van der Waals surface area (Å²) in [5, 5.41) is 20.1. The van der Waals surface area contributed by atoms with E-state index in [1.54, 1.807) is 32.9 Å². The maximum Gasteiger partial charge on any atom is 0.408 e. The zero-order chi connectivity index (χ0) is 15.3. The van der Waals surface area contributed by atoms with Gasteiger partial charge in [-0.3, -0.25) is 0 Å². The maximum absolute atomic E-state index is 11.6. The number of amides is 1. The van der Waals surface area contributed by atoms with Gasteiger partial charge in [0.25, 0.3) is 0 Å². The Morgan fingerprint density at radius 3 is 2.60 bits per heavy atom. The highest BCUT2D eigenvalue weighted by Crippen LogP contribution is 2.17. The van der Waals surface area contributed by atoms with Gasteiger partial charge < -0.3 is 15.2 Å². The fourth-order valence-corrected chi connectivity index (χ4v) is 2.25. The van der Waals surface area contributed by atoms with Crippen LogP contribution >= 0.6 is 11.3 Å². The number of nitrogens with one attached hydrogen (secondary N) is 1. The fourth-order valence-electron chi connectivity index (χ4n) is 1.40. The molecular formula is C13H16N2O4S. The van der Waals surface area contributed by atoms with Gasteiger partial charge in [0.05, 0.1) is 0 Å². The average Bonchev–Trinajstić information content (AvgIpc) is 2.73. The Morgan fingerprint density at radius 1 is 1.50 bits per heavy atom. The number of thiophene rings is 1. The summed E-state index contributed by atoms with van der Waals surface area (Å²) < 4.78 is 5.02. The lowest BCUT2D eigenvalue weighted by atomic mass is 10.2. The number of carboxylic acids is 1. The zero-order valence-electron chi connectivity index (χ0n) is 11.5. The maximum atomic E-state index is 11.6. The topological polar surface area (TPSA) is 99.4 Å². The standard InChI is InChI=1S/C13H16N2O4S/c1-13(2,3)19-12(18)15-10(11(16)17)6-8-4-5-9(7-14)20-8/h4-5,10H,6H2,1-3H3,(H,15,18)(H,16,17)/t10-/m0/s1. The van der Waals surface area contributed by atoms with Crippen molar-refractivity contribution in [1.82, 2.24) is 5.32 Å². The van der Waals surface area contributed by atoms with E-state index < -0.39 is 23.7 Å². The minimum atomic E-state index is -1.15. The Balaban J connectivity index is 2.68. The molecule has 0 saturated carbocycles. The van der Waals surface area contributed by atoms with Crippen molar-refractivity contribution in [1.29, 1.82) is 5.26 Å². The molecule has 0 saturated heterocycles. The SMILES string of the molecule is CC(C)(C)OC(=O)N[C@@H](Cc1ccc(C#N)s1)C(=O)O. The van der Waals surface area contributed by atoms with Crippen molar-refractivity contribution in [2.45, 2.75) is 38.8 Å². The van der Waals surface area contributed by atoms with Crippen LogP contribution in [0.5, 0.6) is 0 Å². The predicted molar refractivity (Wildman–Crippen MR) is 73.5 cm³/mol. The predicted octanol–water partition coefficient (Wildman–Crippen LogP) is 2.14. The first-order valence-corrected chi connectivity index (χ1v) is 6.74. The zero-order valence-corrected chi connectivity index (χ0v) is 12.3. The van der Waals surface area contributed by atoms with Crippen LogP contribution in [-0.4, -0.2) is 28.8 Å². The number of nitriles is 1. The lowest BCUT2D eigenvalue weighted by Crippen LogP contribution is -2.44. The number of hydrogen-bond donors (Lipinski definition) is 2. The van der Waals surface area contributed by atoms with Gasteiger partial charge in [-0.2, -0.15) is 5.26 Å². The van der Waals surface area contributed by atoms with Crippen LogP contribution in [0.15, 0.2) is 12.1 Å². The summed E-state index contributed by atoms with van der Waals surface area (Å²) >= 11 is 1.20. The second-order valence-electron chi connectivity index (χ2n) is 5.12. The van der Waals surface area contributed by atoms with Crippen LogP contribution < -0.4 is 5.32 Å². The van der Waals surface area contributed by atoms with Crippen molar-refractivity contribution < 1.29 is 19.4 Å². The van der Waals surface area contributed by atoms with Crippen LogP contribution in [0.2, 0.25) is 0 Å². The summed E-state index contributed by atoms with van der Waals surface area (Å²) in [6.45, 7) is 5.09. The summed E-state index contributed by atoms with van der Waals surface area (Å²) in [6.07, 6.45) is -0.664. The summed E-state index contributed by atoms with van der Waals surface area (Å²) in [7, 11) is 0. The highest BCUT2D eigenvalue weighted by Gasteiger charge is 2.24. The molecule has 1 aromatic rings. The summed E-state index contributed by atoms with van der Waals surface area (Å²) in [5.74, 6) is -1.15. The summed E-state index contributed by atoms with van der Waals surface area (Å²) in [5.41, 5.74) is -0.690. The molecule has 1 heterocycles. The van der Waals surface area contributed by atoms with Gasteiger partial charge in [-0.1, -0.05) is 0 Å². The van der Waals surface area contributed by atoms with E-state index in [0.29, 0.717) is 9.75 Å². The van der Waals surface area contributed by atoms with Crippen LogP contribution in [0.25, 0.3) is 0 Å². The van der Waals surface area contributed by atoms with Gasteiger partial charge in [0, 0.05) is 11.3 Å². The third-order valence-corrected chi connectivity index (χ3v) is 3.18. The molecule has 0 bridgehead atoms. The molecule has 0 aromatic carbocycles. The van der Waals surface area contributed by atoms with Crippen LogP contribution in [0.4, 0.5) is 4.79 Å². The number of carboxylic acid groups (broad SMARTS) is 1. The first kappa shape index (κ1) is 16.0. The van der Waals surface area contributed by atoms with Crippen molar-refractivity contribution in [2.24, 2.45) is 0 Å². The molecule has 1 atom stereocenters. The van der Waals surface area contributed by atoms with E-state index in [-0.39, 0.29) is 6.42 Å². The van der Waals surface area contributed by atoms with E-state index >= 15 is 0 Å². The first-order valence-electron chi connectivity index (χ1n) is 5.92. The van der Waals surface area contributed by atoms with Crippen molar-refractivity contribution >= 4 is 23.4 Å². The highest BCUT2D eigenvalue weighted by atomic mass is 32.1. The van der Waals surface area contributed by atoms with Gasteiger partial charge >= 0.3 is 12.1 Å². The molecule has 7 heteroatoms. The van der Waals surface area contributed by atoms with E-state index in [2.05, 4.69) is 5.32 Å². The number of nitrogens with zero attached hydrogens (tertiary/aromatic N) is 1. The Kier molecular flexibility index (Phi) is 5.11. The molecule has 0 aliphatic heterocycles. The number of aliphatic carboxylic acids is 1. The number of hydrogen-bond acceptors (Lipinski definition) is 5. The van der Waals surface area contributed by atoms with E-state index in [1.165, 1.54) is 11.3 Å². The van der Waals surface area contributed by atoms with Gasteiger partial charge in [0.15, 0.2) is 0 Å². The second-order valence-corrected chi connectivity index (χ2v) is 6.29. The summed E-state index contributed by atoms with van der Waals surface area (Å²) in [6, 6.07) is 4.19. The number of rotatable bonds is 4. The Bertz CT molecular complexity index is 539. The molecule has 0 aliphatic carbocycles. The van der Waals surface area contributed by atoms with Gasteiger partial charge in [0.1, 0.15) is 22.6 Å². The van der Waals surface area contributed by atoms with Gasteiger partial charge in [0.2, 0.25) is 0 Å². The molecular weight excluding hydrogens is 280 g/mol. The largest absolute Gasteiger partial charge is 0.480 e. The Hall–Kier alpha value is -2.07. The molecule has 6 nitrogen and oxygen atoms in total. The van der Waals surface area contributed by atoms with Crippen LogP contribution in [-0.2, 0) is 16.0 Å². The smallest absolute Gasteiger partial charge is 0.408 e. The third kappa shape index (κ3) is 5.28. The monoisotopic (exact) mass is 296 g/mol. The van der Waals surface area contributed by atoms with Crippen LogP contribution in [0.3, 0.4) is 0 Å². The van der Waals surface area contributed by atoms with Crippen LogP contribution in [0, 0.1) is 11.3 Å². The molecule has 1 amide bonds. The number of carbonyl (C=O) groups excluding carboxylic acids is 1. The minimum absolute atomic E-state index is 0.112. The number of ether oxygens (including phenoxy) is 1.